The summed E-state index contributed by atoms with van der Waals surface area (Å²) in [4.78, 5) is 28.1. The Bertz CT molecular complexity index is 708. The Morgan fingerprint density at radius 2 is 1.41 bits per heavy atom. The van der Waals surface area contributed by atoms with E-state index in [1.54, 1.807) is 0 Å². The van der Waals surface area contributed by atoms with Gasteiger partial charge in [-0.25, -0.2) is 4.79 Å². The first kappa shape index (κ1) is 20.7. The van der Waals surface area contributed by atoms with E-state index in [2.05, 4.69) is 41.9 Å². The highest BCUT2D eigenvalue weighted by molar-refractivity contribution is 5.79. The van der Waals surface area contributed by atoms with Gasteiger partial charge in [0.25, 0.3) is 5.91 Å². The lowest BCUT2D eigenvalue weighted by Crippen LogP contribution is -2.28. The Morgan fingerprint density at radius 3 is 2.00 bits per heavy atom. The van der Waals surface area contributed by atoms with E-state index in [-0.39, 0.29) is 18.2 Å². The molecule has 1 amide bonds. The van der Waals surface area contributed by atoms with Gasteiger partial charge in [-0.1, -0.05) is 68.4 Å². The summed E-state index contributed by atoms with van der Waals surface area (Å²) < 4.78 is 0. The van der Waals surface area contributed by atoms with Crippen molar-refractivity contribution in [3.05, 3.63) is 71.3 Å². The lowest BCUT2D eigenvalue weighted by atomic mass is 10.0. The number of amides is 1. The summed E-state index contributed by atoms with van der Waals surface area (Å²) >= 11 is 0. The maximum atomic E-state index is 11.8. The first-order chi connectivity index (χ1) is 13.0. The van der Waals surface area contributed by atoms with E-state index >= 15 is 0 Å². The van der Waals surface area contributed by atoms with E-state index in [0.717, 1.165) is 31.2 Å². The normalized spacial score (nSPS) is 10.6. The monoisotopic (exact) mass is 367 g/mol. The van der Waals surface area contributed by atoms with Gasteiger partial charge in [-0.2, -0.15) is 5.48 Å². The molecule has 4 nitrogen and oxygen atoms in total. The van der Waals surface area contributed by atoms with Crippen molar-refractivity contribution >= 4 is 11.9 Å². The van der Waals surface area contributed by atoms with Gasteiger partial charge in [-0.3, -0.25) is 4.79 Å². The number of nitrogens with one attached hydrogen (secondary N) is 1. The van der Waals surface area contributed by atoms with Crippen LogP contribution in [0.1, 0.15) is 49.8 Å². The second kappa shape index (κ2) is 11.2. The van der Waals surface area contributed by atoms with Crippen LogP contribution in [0, 0.1) is 5.92 Å². The second-order valence-corrected chi connectivity index (χ2v) is 7.28. The minimum atomic E-state index is -0.413. The second-order valence-electron chi connectivity index (χ2n) is 7.28. The van der Waals surface area contributed by atoms with E-state index in [1.807, 2.05) is 32.0 Å². The lowest BCUT2D eigenvalue weighted by Gasteiger charge is -2.08. The molecule has 0 unspecified atom stereocenters. The molecular formula is C23H29NO3. The quantitative estimate of drug-likeness (QED) is 0.527. The maximum absolute atomic E-state index is 11.8. The number of rotatable bonds is 9. The molecular weight excluding hydrogens is 338 g/mol. The molecule has 0 saturated heterocycles. The molecule has 0 aliphatic heterocycles. The summed E-state index contributed by atoms with van der Waals surface area (Å²) in [5.41, 5.74) is 5.78. The molecule has 144 valence electrons. The van der Waals surface area contributed by atoms with E-state index in [0.29, 0.717) is 6.42 Å². The predicted molar refractivity (Wildman–Crippen MR) is 107 cm³/mol. The summed E-state index contributed by atoms with van der Waals surface area (Å²) in [6.45, 7) is 3.85. The Labute approximate surface area is 161 Å². The van der Waals surface area contributed by atoms with E-state index in [1.165, 1.54) is 11.1 Å². The smallest absolute Gasteiger partial charge is 0.332 e. The molecule has 0 heterocycles. The highest BCUT2D eigenvalue weighted by atomic mass is 16.7. The molecule has 0 atom stereocenters. The molecule has 2 rings (SSSR count). The topological polar surface area (TPSA) is 55.4 Å². The summed E-state index contributed by atoms with van der Waals surface area (Å²) in [7, 11) is 0. The van der Waals surface area contributed by atoms with Crippen LogP contribution in [0.2, 0.25) is 0 Å². The Kier molecular flexibility index (Phi) is 8.56. The van der Waals surface area contributed by atoms with Crippen LogP contribution in [-0.4, -0.2) is 11.9 Å². The molecule has 2 aromatic carbocycles. The number of carbonyl (C=O) groups is 2. The van der Waals surface area contributed by atoms with Crippen LogP contribution in [0.15, 0.2) is 54.6 Å². The highest BCUT2D eigenvalue weighted by Crippen LogP contribution is 2.11. The van der Waals surface area contributed by atoms with Crippen molar-refractivity contribution < 1.29 is 14.4 Å². The van der Waals surface area contributed by atoms with Crippen molar-refractivity contribution in [1.82, 2.24) is 5.48 Å². The molecule has 0 aliphatic carbocycles. The molecule has 2 aromatic rings. The standard InChI is InChI=1S/C23H29NO3/c1-18(2)16-23(26)27-24-22(25)17-21-14-12-20(13-15-21)11-7-6-10-19-8-4-3-5-9-19/h3-5,8-9,12-15,18H,6-7,10-11,16-17H2,1-2H3,(H,24,25). The first-order valence-electron chi connectivity index (χ1n) is 9.63. The number of unbranched alkanes of at least 4 members (excludes halogenated alkanes) is 1. The highest BCUT2D eigenvalue weighted by Gasteiger charge is 2.09. The third kappa shape index (κ3) is 8.54. The average Bonchev–Trinajstić information content (AvgIpc) is 2.65. The van der Waals surface area contributed by atoms with Crippen LogP contribution in [0.25, 0.3) is 0 Å². The largest absolute Gasteiger partial charge is 0.341 e. The molecule has 0 bridgehead atoms. The number of aryl methyl sites for hydroxylation is 2. The number of hydroxylamine groups is 1. The van der Waals surface area contributed by atoms with Crippen molar-refractivity contribution in [1.29, 1.82) is 0 Å². The fourth-order valence-corrected chi connectivity index (χ4v) is 2.84. The van der Waals surface area contributed by atoms with Crippen molar-refractivity contribution in [2.45, 2.75) is 52.4 Å². The number of hydrogen-bond donors (Lipinski definition) is 1. The average molecular weight is 367 g/mol. The van der Waals surface area contributed by atoms with Crippen molar-refractivity contribution in [3.8, 4) is 0 Å². The van der Waals surface area contributed by atoms with E-state index in [9.17, 15) is 9.59 Å². The zero-order valence-electron chi connectivity index (χ0n) is 16.2. The minimum absolute atomic E-state index is 0.198. The predicted octanol–water partition coefficient (Wildman–Crippen LogP) is 4.42. The molecule has 0 aliphatic rings. The van der Waals surface area contributed by atoms with Gasteiger partial charge in [0.1, 0.15) is 0 Å². The molecule has 0 fully saturated rings. The molecule has 0 spiro atoms. The third-order valence-electron chi connectivity index (χ3n) is 4.26. The van der Waals surface area contributed by atoms with Crippen molar-refractivity contribution in [3.63, 3.8) is 0 Å². The van der Waals surface area contributed by atoms with Crippen molar-refractivity contribution in [2.24, 2.45) is 5.92 Å². The molecule has 4 heteroatoms. The van der Waals surface area contributed by atoms with Gasteiger partial charge in [0.2, 0.25) is 0 Å². The van der Waals surface area contributed by atoms with Gasteiger partial charge in [0.15, 0.2) is 0 Å². The first-order valence-corrected chi connectivity index (χ1v) is 9.63. The van der Waals surface area contributed by atoms with Crippen LogP contribution in [0.4, 0.5) is 0 Å². The van der Waals surface area contributed by atoms with Gasteiger partial charge in [0.05, 0.1) is 12.8 Å². The Balaban J connectivity index is 1.66. The number of hydrogen-bond acceptors (Lipinski definition) is 3. The fraction of sp³-hybridized carbons (Fsp3) is 0.391. The van der Waals surface area contributed by atoms with Crippen molar-refractivity contribution in [2.75, 3.05) is 0 Å². The zero-order chi connectivity index (χ0) is 19.5. The fourth-order valence-electron chi connectivity index (χ4n) is 2.84. The molecule has 1 N–H and O–H groups in total. The number of benzene rings is 2. The van der Waals surface area contributed by atoms with Gasteiger partial charge >= 0.3 is 5.97 Å². The zero-order valence-corrected chi connectivity index (χ0v) is 16.2. The molecule has 0 aromatic heterocycles. The van der Waals surface area contributed by atoms with Crippen LogP contribution >= 0.6 is 0 Å². The van der Waals surface area contributed by atoms with Crippen LogP contribution in [0.5, 0.6) is 0 Å². The van der Waals surface area contributed by atoms with Gasteiger partial charge in [-0.05, 0) is 48.3 Å². The van der Waals surface area contributed by atoms with Gasteiger partial charge in [-0.15, -0.1) is 0 Å². The third-order valence-corrected chi connectivity index (χ3v) is 4.26. The van der Waals surface area contributed by atoms with E-state index < -0.39 is 5.97 Å². The van der Waals surface area contributed by atoms with Crippen LogP contribution < -0.4 is 5.48 Å². The molecule has 0 radical (unpaired) electrons. The van der Waals surface area contributed by atoms with Crippen LogP contribution in [-0.2, 0) is 33.7 Å². The SMILES string of the molecule is CC(C)CC(=O)ONC(=O)Cc1ccc(CCCCc2ccccc2)cc1. The minimum Gasteiger partial charge on any atom is -0.341 e. The van der Waals surface area contributed by atoms with Gasteiger partial charge < -0.3 is 4.84 Å². The summed E-state index contributed by atoms with van der Waals surface area (Å²) in [6, 6.07) is 18.6. The van der Waals surface area contributed by atoms with E-state index in [4.69, 9.17) is 4.84 Å². The Hall–Kier alpha value is -2.62. The Morgan fingerprint density at radius 1 is 0.852 bits per heavy atom. The van der Waals surface area contributed by atoms with Crippen LogP contribution in [0.3, 0.4) is 0 Å². The van der Waals surface area contributed by atoms with Gasteiger partial charge in [0, 0.05) is 0 Å². The summed E-state index contributed by atoms with van der Waals surface area (Å²) in [6.07, 6.45) is 4.93. The number of carbonyl (C=O) groups excluding carboxylic acids is 2. The molecule has 0 saturated carbocycles. The summed E-state index contributed by atoms with van der Waals surface area (Å²) in [5.74, 6) is -0.526. The summed E-state index contributed by atoms with van der Waals surface area (Å²) in [5, 5.41) is 0. The molecule has 27 heavy (non-hydrogen) atoms. The maximum Gasteiger partial charge on any atom is 0.332 e. The lowest BCUT2D eigenvalue weighted by molar-refractivity contribution is -0.158.